The summed E-state index contributed by atoms with van der Waals surface area (Å²) in [5.41, 5.74) is 2.71. The summed E-state index contributed by atoms with van der Waals surface area (Å²) in [5.74, 6) is 0.167. The fraction of sp³-hybridized carbons (Fsp3) is 0.100. The van der Waals surface area contributed by atoms with Gasteiger partial charge in [-0.1, -0.05) is 47.6 Å². The van der Waals surface area contributed by atoms with E-state index in [-0.39, 0.29) is 50.2 Å². The van der Waals surface area contributed by atoms with Gasteiger partial charge in [-0.05, 0) is 23.6 Å². The van der Waals surface area contributed by atoms with E-state index in [0.29, 0.717) is 11.3 Å². The quantitative estimate of drug-likeness (QED) is 0.285. The van der Waals surface area contributed by atoms with Gasteiger partial charge in [0.2, 0.25) is 0 Å². The molecule has 1 aromatic heterocycles. The molecule has 30 heavy (non-hydrogen) atoms. The number of anilines is 1. The van der Waals surface area contributed by atoms with Crippen LogP contribution < -0.4 is 5.32 Å². The summed E-state index contributed by atoms with van der Waals surface area (Å²) in [6.45, 7) is 0. The molecule has 3 aromatic carbocycles. The summed E-state index contributed by atoms with van der Waals surface area (Å²) in [6, 6.07) is 19.2. The molecule has 1 heterocycles. The van der Waals surface area contributed by atoms with E-state index in [1.54, 1.807) is 12.1 Å². The van der Waals surface area contributed by atoms with Crippen LogP contribution in [0, 0.1) is 0 Å². The van der Waals surface area contributed by atoms with Crippen LogP contribution in [-0.4, -0.2) is 25.9 Å². The minimum absolute atomic E-state index is 0. The van der Waals surface area contributed by atoms with Crippen molar-refractivity contribution in [3.63, 3.8) is 0 Å². The van der Waals surface area contributed by atoms with Crippen molar-refractivity contribution < 1.29 is 46.0 Å². The number of azo groups is 1. The smallest absolute Gasteiger partial charge is 0.260 e. The van der Waals surface area contributed by atoms with Crippen LogP contribution in [-0.2, 0) is 49.5 Å². The minimum atomic E-state index is -2.04. The van der Waals surface area contributed by atoms with Crippen LogP contribution in [0.3, 0.4) is 0 Å². The predicted octanol–water partition coefficient (Wildman–Crippen LogP) is 5.07. The first kappa shape index (κ1) is 22.4. The molecule has 0 aliphatic carbocycles. The van der Waals surface area contributed by atoms with Crippen LogP contribution in [0.1, 0.15) is 5.82 Å². The molecule has 4 aromatic rings. The van der Waals surface area contributed by atoms with E-state index in [4.69, 9.17) is 9.08 Å². The Hall–Kier alpha value is -2.33. The van der Waals surface area contributed by atoms with Gasteiger partial charge >= 0.3 is 0 Å². The number of nitrogens with one attached hydrogen (secondary N) is 1. The number of rotatable bonds is 6. The fourth-order valence-electron chi connectivity index (χ4n) is 2.94. The Balaban J connectivity index is 0.00000256. The van der Waals surface area contributed by atoms with Gasteiger partial charge < -0.3 is 14.4 Å². The first-order valence-electron chi connectivity index (χ1n) is 8.76. The summed E-state index contributed by atoms with van der Waals surface area (Å²) in [4.78, 5) is 4.18. The Morgan fingerprint density at radius 2 is 1.83 bits per heavy atom. The zero-order valence-electron chi connectivity index (χ0n) is 16.0. The maximum absolute atomic E-state index is 11.0. The number of nitrogens with zero attached hydrogens (tertiary/aromatic N) is 4. The van der Waals surface area contributed by atoms with Gasteiger partial charge in [0.15, 0.2) is 16.9 Å². The van der Waals surface area contributed by atoms with Crippen LogP contribution in [0.25, 0.3) is 22.2 Å². The van der Waals surface area contributed by atoms with Crippen molar-refractivity contribution in [3.05, 3.63) is 66.5 Å². The number of aromatic nitrogens is 2. The van der Waals surface area contributed by atoms with E-state index in [1.807, 2.05) is 55.6 Å². The summed E-state index contributed by atoms with van der Waals surface area (Å²) in [6.07, 6.45) is 0. The molecule has 0 amide bonds. The van der Waals surface area contributed by atoms with Crippen molar-refractivity contribution in [2.24, 2.45) is 10.2 Å². The molecule has 149 valence electrons. The van der Waals surface area contributed by atoms with E-state index in [0.717, 1.165) is 22.1 Å². The van der Waals surface area contributed by atoms with Gasteiger partial charge in [0.05, 0.1) is 16.9 Å². The molecule has 1 unspecified atom stereocenters. The number of benzene rings is 3. The standard InChI is InChI=1S/C20H17N5O3S.Y/c1-21-17-11-10-13-6-2-3-7-14(13)19(17)24-23-16-9-5-4-8-15(16)20-22-18(25-28-20)12-29(26)27;/h2-11,21H,12H2,1H3,(H,26,27);. The third kappa shape index (κ3) is 4.87. The van der Waals surface area contributed by atoms with Crippen LogP contribution >= 0.6 is 0 Å². The van der Waals surface area contributed by atoms with Crippen LogP contribution in [0.4, 0.5) is 17.1 Å². The molecule has 1 atom stereocenters. The summed E-state index contributed by atoms with van der Waals surface area (Å²) in [5, 5.41) is 17.9. The molecule has 0 bridgehead atoms. The molecule has 0 saturated heterocycles. The molecule has 0 aliphatic rings. The number of fused-ring (bicyclic) bond motifs is 1. The Labute approximate surface area is 200 Å². The zero-order valence-corrected chi connectivity index (χ0v) is 19.7. The minimum Gasteiger partial charge on any atom is -0.386 e. The Kier molecular flexibility index (Phi) is 7.55. The summed E-state index contributed by atoms with van der Waals surface area (Å²) < 4.78 is 25.2. The first-order valence-corrected chi connectivity index (χ1v) is 10.0. The van der Waals surface area contributed by atoms with Gasteiger partial charge in [0.25, 0.3) is 5.89 Å². The van der Waals surface area contributed by atoms with Crippen molar-refractivity contribution in [2.75, 3.05) is 12.4 Å². The molecule has 2 N–H and O–H groups in total. The molecule has 0 spiro atoms. The summed E-state index contributed by atoms with van der Waals surface area (Å²) in [7, 11) is 1.84. The number of hydrogen-bond donors (Lipinski definition) is 2. The van der Waals surface area contributed by atoms with Crippen LogP contribution in [0.2, 0.25) is 0 Å². The van der Waals surface area contributed by atoms with Gasteiger partial charge in [-0.15, -0.1) is 10.2 Å². The molecule has 0 aliphatic heterocycles. The normalized spacial score (nSPS) is 12.1. The molecule has 1 radical (unpaired) electrons. The Morgan fingerprint density at radius 3 is 2.63 bits per heavy atom. The van der Waals surface area contributed by atoms with Gasteiger partial charge in [0, 0.05) is 45.1 Å². The van der Waals surface area contributed by atoms with E-state index in [9.17, 15) is 4.21 Å². The molecular weight excluding hydrogens is 479 g/mol. The number of hydrogen-bond acceptors (Lipinski definition) is 7. The Morgan fingerprint density at radius 1 is 1.07 bits per heavy atom. The molecule has 0 saturated carbocycles. The molecule has 10 heteroatoms. The van der Waals surface area contributed by atoms with Crippen LogP contribution in [0.15, 0.2) is 75.4 Å². The fourth-order valence-corrected chi connectivity index (χ4v) is 3.28. The second kappa shape index (κ2) is 10.1. The topological polar surface area (TPSA) is 113 Å². The van der Waals surface area contributed by atoms with Gasteiger partial charge in [-0.2, -0.15) is 4.98 Å². The SMILES string of the molecule is CNc1ccc2ccccc2c1N=Nc1ccccc1-c1nc(CS(=O)O)no1.[Y]. The van der Waals surface area contributed by atoms with Crippen LogP contribution in [0.5, 0.6) is 0 Å². The van der Waals surface area contributed by atoms with Crippen molar-refractivity contribution in [3.8, 4) is 11.5 Å². The first-order chi connectivity index (χ1) is 14.2. The van der Waals surface area contributed by atoms with Crippen molar-refractivity contribution >= 4 is 38.9 Å². The van der Waals surface area contributed by atoms with E-state index in [1.165, 1.54) is 0 Å². The van der Waals surface area contributed by atoms with Crippen molar-refractivity contribution in [1.82, 2.24) is 10.1 Å². The molecular formula is C20H17N5O3SY. The average molecular weight is 496 g/mol. The zero-order chi connectivity index (χ0) is 20.2. The average Bonchev–Trinajstić information content (AvgIpc) is 3.19. The van der Waals surface area contributed by atoms with Gasteiger partial charge in [-0.3, -0.25) is 0 Å². The second-order valence-electron chi connectivity index (χ2n) is 6.13. The third-order valence-electron chi connectivity index (χ3n) is 4.28. The summed E-state index contributed by atoms with van der Waals surface area (Å²) >= 11 is -2.04. The Bertz CT molecular complexity index is 1230. The monoisotopic (exact) mass is 496 g/mol. The van der Waals surface area contributed by atoms with Gasteiger partial charge in [-0.25, -0.2) is 4.21 Å². The third-order valence-corrected chi connectivity index (χ3v) is 4.79. The van der Waals surface area contributed by atoms with Crippen molar-refractivity contribution in [2.45, 2.75) is 5.75 Å². The second-order valence-corrected chi connectivity index (χ2v) is 7.06. The molecule has 4 rings (SSSR count). The maximum Gasteiger partial charge on any atom is 0.260 e. The molecule has 0 fully saturated rings. The predicted molar refractivity (Wildman–Crippen MR) is 112 cm³/mol. The van der Waals surface area contributed by atoms with Crippen molar-refractivity contribution in [1.29, 1.82) is 0 Å². The van der Waals surface area contributed by atoms with E-state index >= 15 is 0 Å². The van der Waals surface area contributed by atoms with E-state index < -0.39 is 11.1 Å². The molecule has 8 nitrogen and oxygen atoms in total. The van der Waals surface area contributed by atoms with Gasteiger partial charge in [0.1, 0.15) is 11.4 Å². The largest absolute Gasteiger partial charge is 0.386 e. The van der Waals surface area contributed by atoms with E-state index in [2.05, 4.69) is 25.7 Å². The maximum atomic E-state index is 11.0.